The molecule has 0 spiro atoms. The van der Waals surface area contributed by atoms with E-state index in [4.69, 9.17) is 16.7 Å². The van der Waals surface area contributed by atoms with E-state index in [1.807, 2.05) is 0 Å². The molecule has 0 saturated heterocycles. The van der Waals surface area contributed by atoms with Crippen LogP contribution in [0.3, 0.4) is 0 Å². The summed E-state index contributed by atoms with van der Waals surface area (Å²) in [5.41, 5.74) is 0.0160. The van der Waals surface area contributed by atoms with Gasteiger partial charge in [-0.1, -0.05) is 11.6 Å². The minimum absolute atomic E-state index is 0.0160. The summed E-state index contributed by atoms with van der Waals surface area (Å²) in [6.07, 6.45) is 0. The maximum atomic E-state index is 13.2. The fourth-order valence-corrected chi connectivity index (χ4v) is 1.23. The summed E-state index contributed by atoms with van der Waals surface area (Å²) in [5, 5.41) is 11.3. The Kier molecular flexibility index (Phi) is 4.52. The highest BCUT2D eigenvalue weighted by Gasteiger charge is 2.10. The number of amides is 2. The van der Waals surface area contributed by atoms with Gasteiger partial charge in [0.15, 0.2) is 0 Å². The highest BCUT2D eigenvalue weighted by Crippen LogP contribution is 2.19. The number of hydrogen-bond donors (Lipinski definition) is 2. The molecule has 4 nitrogen and oxygen atoms in total. The van der Waals surface area contributed by atoms with Crippen molar-refractivity contribution in [3.63, 3.8) is 0 Å². The van der Waals surface area contributed by atoms with Gasteiger partial charge >= 0.3 is 6.03 Å². The number of nitrogens with zero attached hydrogens (tertiary/aromatic N) is 1. The van der Waals surface area contributed by atoms with E-state index in [2.05, 4.69) is 5.32 Å². The summed E-state index contributed by atoms with van der Waals surface area (Å²) >= 11 is 5.67. The third-order valence-electron chi connectivity index (χ3n) is 1.95. The average Bonchev–Trinajstić information content (AvgIpc) is 2.23. The van der Waals surface area contributed by atoms with Crippen LogP contribution in [0, 0.1) is 5.82 Å². The maximum absolute atomic E-state index is 13.2. The average molecular weight is 247 g/mol. The van der Waals surface area contributed by atoms with Crippen molar-refractivity contribution >= 4 is 23.3 Å². The molecule has 1 rings (SSSR count). The summed E-state index contributed by atoms with van der Waals surface area (Å²) in [7, 11) is 1.49. The van der Waals surface area contributed by atoms with Crippen LogP contribution in [-0.2, 0) is 0 Å². The maximum Gasteiger partial charge on any atom is 0.321 e. The van der Waals surface area contributed by atoms with Crippen LogP contribution in [0.5, 0.6) is 0 Å². The van der Waals surface area contributed by atoms with E-state index in [0.717, 1.165) is 0 Å². The summed E-state index contributed by atoms with van der Waals surface area (Å²) in [6, 6.07) is 3.38. The van der Waals surface area contributed by atoms with Gasteiger partial charge in [-0.05, 0) is 18.2 Å². The number of halogens is 2. The lowest BCUT2D eigenvalue weighted by Crippen LogP contribution is -2.33. The Bertz CT molecular complexity index is 387. The zero-order valence-corrected chi connectivity index (χ0v) is 9.46. The Hall–Kier alpha value is -1.33. The van der Waals surface area contributed by atoms with Crippen molar-refractivity contribution in [3.8, 4) is 0 Å². The molecule has 0 radical (unpaired) electrons. The first-order valence-corrected chi connectivity index (χ1v) is 5.00. The topological polar surface area (TPSA) is 52.6 Å². The first-order chi connectivity index (χ1) is 7.54. The van der Waals surface area contributed by atoms with Crippen molar-refractivity contribution < 1.29 is 14.3 Å². The predicted molar refractivity (Wildman–Crippen MR) is 60.1 cm³/mol. The summed E-state index contributed by atoms with van der Waals surface area (Å²) in [4.78, 5) is 12.7. The quantitative estimate of drug-likeness (QED) is 0.856. The van der Waals surface area contributed by atoms with Crippen molar-refractivity contribution in [1.29, 1.82) is 0 Å². The third-order valence-corrected chi connectivity index (χ3v) is 2.19. The Labute approximate surface area is 97.6 Å². The molecule has 6 heteroatoms. The van der Waals surface area contributed by atoms with Crippen LogP contribution >= 0.6 is 11.6 Å². The van der Waals surface area contributed by atoms with Gasteiger partial charge in [-0.15, -0.1) is 0 Å². The fraction of sp³-hybridized carbons (Fsp3) is 0.300. The van der Waals surface area contributed by atoms with Gasteiger partial charge in [0.1, 0.15) is 5.82 Å². The molecule has 0 aliphatic rings. The van der Waals surface area contributed by atoms with E-state index in [0.29, 0.717) is 5.02 Å². The number of likely N-dealkylation sites (N-methyl/N-ethyl adjacent to an activating group) is 1. The van der Waals surface area contributed by atoms with Crippen molar-refractivity contribution in [2.75, 3.05) is 25.5 Å². The van der Waals surface area contributed by atoms with Crippen LogP contribution in [0.25, 0.3) is 0 Å². The van der Waals surface area contributed by atoms with Gasteiger partial charge in [0.2, 0.25) is 0 Å². The molecular weight excluding hydrogens is 235 g/mol. The van der Waals surface area contributed by atoms with Crippen LogP contribution in [0.4, 0.5) is 14.9 Å². The van der Waals surface area contributed by atoms with Gasteiger partial charge < -0.3 is 15.3 Å². The Balaban J connectivity index is 2.72. The number of benzene rings is 1. The van der Waals surface area contributed by atoms with Gasteiger partial charge in [-0.2, -0.15) is 0 Å². The number of urea groups is 1. The molecule has 0 heterocycles. The van der Waals surface area contributed by atoms with E-state index in [-0.39, 0.29) is 18.8 Å². The Morgan fingerprint density at radius 2 is 2.31 bits per heavy atom. The smallest absolute Gasteiger partial charge is 0.321 e. The van der Waals surface area contributed by atoms with Crippen molar-refractivity contribution in [1.82, 2.24) is 4.90 Å². The zero-order valence-electron chi connectivity index (χ0n) is 8.70. The van der Waals surface area contributed by atoms with Crippen LogP contribution in [0.2, 0.25) is 5.02 Å². The zero-order chi connectivity index (χ0) is 12.1. The lowest BCUT2D eigenvalue weighted by Gasteiger charge is -2.16. The first kappa shape index (κ1) is 12.7. The van der Waals surface area contributed by atoms with E-state index in [1.165, 1.54) is 30.1 Å². The SMILES string of the molecule is CN(CCO)C(=O)Nc1cc(Cl)ccc1F. The molecule has 0 bridgehead atoms. The van der Waals surface area contributed by atoms with Crippen molar-refractivity contribution in [3.05, 3.63) is 29.0 Å². The first-order valence-electron chi connectivity index (χ1n) is 4.62. The van der Waals surface area contributed by atoms with Crippen molar-refractivity contribution in [2.24, 2.45) is 0 Å². The van der Waals surface area contributed by atoms with E-state index in [1.54, 1.807) is 0 Å². The standard InChI is InChI=1S/C10H12ClFN2O2/c1-14(4-5-15)10(16)13-9-6-7(11)2-3-8(9)12/h2-3,6,15H,4-5H2,1H3,(H,13,16). The molecule has 16 heavy (non-hydrogen) atoms. The molecule has 88 valence electrons. The number of anilines is 1. The van der Waals surface area contributed by atoms with E-state index < -0.39 is 11.8 Å². The molecule has 0 fully saturated rings. The minimum atomic E-state index is -0.560. The Morgan fingerprint density at radius 3 is 2.94 bits per heavy atom. The molecule has 1 aromatic rings. The van der Waals surface area contributed by atoms with Gasteiger partial charge in [-0.3, -0.25) is 0 Å². The highest BCUT2D eigenvalue weighted by atomic mass is 35.5. The molecule has 2 N–H and O–H groups in total. The van der Waals surface area contributed by atoms with Crippen LogP contribution in [0.1, 0.15) is 0 Å². The molecule has 2 amide bonds. The predicted octanol–water partition coefficient (Wildman–Crippen LogP) is 1.94. The lowest BCUT2D eigenvalue weighted by atomic mass is 10.3. The monoisotopic (exact) mass is 246 g/mol. The van der Waals surface area contributed by atoms with Crippen LogP contribution in [-0.4, -0.2) is 36.2 Å². The summed E-state index contributed by atoms with van der Waals surface area (Å²) in [6.45, 7) is 0.0238. The number of aliphatic hydroxyl groups is 1. The van der Waals surface area contributed by atoms with E-state index in [9.17, 15) is 9.18 Å². The molecular formula is C10H12ClFN2O2. The molecule has 0 aromatic heterocycles. The number of hydrogen-bond acceptors (Lipinski definition) is 2. The molecule has 0 unspecified atom stereocenters. The number of carbonyl (C=O) groups excluding carboxylic acids is 1. The van der Waals surface area contributed by atoms with Gasteiger partial charge in [0.25, 0.3) is 0 Å². The normalized spacial score (nSPS) is 10.0. The number of aliphatic hydroxyl groups excluding tert-OH is 1. The largest absolute Gasteiger partial charge is 0.395 e. The fourth-order valence-electron chi connectivity index (χ4n) is 1.06. The molecule has 0 aliphatic carbocycles. The van der Waals surface area contributed by atoms with E-state index >= 15 is 0 Å². The van der Waals surface area contributed by atoms with Gasteiger partial charge in [0.05, 0.1) is 12.3 Å². The van der Waals surface area contributed by atoms with Gasteiger partial charge in [0, 0.05) is 18.6 Å². The second-order valence-electron chi connectivity index (χ2n) is 3.20. The lowest BCUT2D eigenvalue weighted by molar-refractivity contribution is 0.202. The summed E-state index contributed by atoms with van der Waals surface area (Å²) < 4.78 is 13.2. The molecule has 0 saturated carbocycles. The number of carbonyl (C=O) groups is 1. The molecule has 0 aliphatic heterocycles. The van der Waals surface area contributed by atoms with Crippen LogP contribution < -0.4 is 5.32 Å². The number of rotatable bonds is 3. The molecule has 0 atom stereocenters. The third kappa shape index (κ3) is 3.36. The van der Waals surface area contributed by atoms with Gasteiger partial charge in [-0.25, -0.2) is 9.18 Å². The van der Waals surface area contributed by atoms with Crippen molar-refractivity contribution in [2.45, 2.75) is 0 Å². The Morgan fingerprint density at radius 1 is 1.62 bits per heavy atom. The second-order valence-corrected chi connectivity index (χ2v) is 3.64. The second kappa shape index (κ2) is 5.67. The minimum Gasteiger partial charge on any atom is -0.395 e. The summed E-state index contributed by atoms with van der Waals surface area (Å²) in [5.74, 6) is -0.560. The molecule has 1 aromatic carbocycles. The van der Waals surface area contributed by atoms with Crippen LogP contribution in [0.15, 0.2) is 18.2 Å². The highest BCUT2D eigenvalue weighted by molar-refractivity contribution is 6.30. The number of nitrogens with one attached hydrogen (secondary N) is 1.